The minimum absolute atomic E-state index is 0.0393. The van der Waals surface area contributed by atoms with Crippen LogP contribution in [0, 0.1) is 5.92 Å². The highest BCUT2D eigenvalue weighted by atomic mass is 32.2. The molecule has 0 aromatic heterocycles. The zero-order valence-corrected chi connectivity index (χ0v) is 27.6. The Balaban J connectivity index is 1.88. The molecule has 0 unspecified atom stereocenters. The first-order valence-electron chi connectivity index (χ1n) is 15.4. The summed E-state index contributed by atoms with van der Waals surface area (Å²) in [7, 11) is -2.49. The second-order valence-corrected chi connectivity index (χ2v) is 13.2. The number of nitrogen functional groups attached to an aromatic ring is 1. The first kappa shape index (κ1) is 37.2. The third-order valence-electron chi connectivity index (χ3n) is 6.99. The van der Waals surface area contributed by atoms with Crippen LogP contribution >= 0.6 is 0 Å². The number of benzene rings is 2. The number of nitrogens with one attached hydrogen (secondary N) is 1. The smallest absolute Gasteiger partial charge is 0.407 e. The number of esters is 1. The Hall–Kier alpha value is -3.27. The Morgan fingerprint density at radius 1 is 1.00 bits per heavy atom. The fourth-order valence-corrected chi connectivity index (χ4v) is 6.34. The van der Waals surface area contributed by atoms with Crippen molar-refractivity contribution in [2.75, 3.05) is 72.2 Å². The van der Waals surface area contributed by atoms with E-state index in [2.05, 4.69) is 5.32 Å². The number of carbonyl (C=O) groups excluding carboxylic acids is 2. The van der Waals surface area contributed by atoms with Crippen molar-refractivity contribution in [1.29, 1.82) is 0 Å². The second-order valence-electron chi connectivity index (χ2n) is 11.3. The predicted molar refractivity (Wildman–Crippen MR) is 171 cm³/mol. The van der Waals surface area contributed by atoms with Gasteiger partial charge in [0.2, 0.25) is 10.0 Å². The van der Waals surface area contributed by atoms with Crippen LogP contribution < -0.4 is 11.1 Å². The predicted octanol–water partition coefficient (Wildman–Crippen LogP) is 2.63. The molecule has 1 aliphatic heterocycles. The maximum absolute atomic E-state index is 13.9. The molecule has 0 spiro atoms. The van der Waals surface area contributed by atoms with E-state index in [-0.39, 0.29) is 50.1 Å². The Labute approximate surface area is 271 Å². The Morgan fingerprint density at radius 3 is 2.35 bits per heavy atom. The third kappa shape index (κ3) is 12.9. The molecule has 3 atom stereocenters. The zero-order valence-electron chi connectivity index (χ0n) is 26.8. The van der Waals surface area contributed by atoms with Crippen molar-refractivity contribution in [1.82, 2.24) is 9.62 Å². The largest absolute Gasteiger partial charge is 0.457 e. The molecular weight excluding hydrogens is 618 g/mol. The van der Waals surface area contributed by atoms with E-state index >= 15 is 0 Å². The number of nitrogens with zero attached hydrogens (tertiary/aromatic N) is 1. The van der Waals surface area contributed by atoms with Crippen LogP contribution in [-0.4, -0.2) is 109 Å². The lowest BCUT2D eigenvalue weighted by atomic mass is 10.0. The van der Waals surface area contributed by atoms with Gasteiger partial charge in [0, 0.05) is 25.8 Å². The van der Waals surface area contributed by atoms with Crippen LogP contribution in [0.25, 0.3) is 0 Å². The number of rotatable bonds is 20. The SMILES string of the molecule is COCCOCCOCC(=O)O[C@@H](CN(CC(C)C)S(=O)(=O)c1ccc(N)cc1)[C@@H](Cc1ccccc1)NC(=O)O[C@H]1CCOC1. The lowest BCUT2D eigenvalue weighted by Gasteiger charge is -2.33. The number of nitrogens with two attached hydrogens (primary N) is 1. The number of carbonyl (C=O) groups is 2. The van der Waals surface area contributed by atoms with Crippen molar-refractivity contribution in [3.05, 3.63) is 60.2 Å². The van der Waals surface area contributed by atoms with E-state index in [1.165, 1.54) is 28.6 Å². The highest BCUT2D eigenvalue weighted by Gasteiger charge is 2.35. The fraction of sp³-hybridized carbons (Fsp3) is 0.562. The number of anilines is 1. The highest BCUT2D eigenvalue weighted by Crippen LogP contribution is 2.22. The van der Waals surface area contributed by atoms with E-state index < -0.39 is 46.9 Å². The van der Waals surface area contributed by atoms with Crippen molar-refractivity contribution in [2.24, 2.45) is 5.92 Å². The van der Waals surface area contributed by atoms with Gasteiger partial charge in [-0.1, -0.05) is 44.2 Å². The van der Waals surface area contributed by atoms with Gasteiger partial charge in [0.1, 0.15) is 18.8 Å². The molecule has 2 aromatic carbocycles. The van der Waals surface area contributed by atoms with Crippen LogP contribution in [0.15, 0.2) is 59.5 Å². The maximum Gasteiger partial charge on any atom is 0.407 e. The van der Waals surface area contributed by atoms with Gasteiger partial charge < -0.3 is 39.5 Å². The molecule has 14 heteroatoms. The van der Waals surface area contributed by atoms with Crippen molar-refractivity contribution < 1.29 is 46.4 Å². The quantitative estimate of drug-likeness (QED) is 0.121. The van der Waals surface area contributed by atoms with E-state index in [1.54, 1.807) is 7.11 Å². The topological polar surface area (TPSA) is 165 Å². The molecule has 13 nitrogen and oxygen atoms in total. The molecule has 3 N–H and O–H groups in total. The lowest BCUT2D eigenvalue weighted by Crippen LogP contribution is -2.53. The van der Waals surface area contributed by atoms with Gasteiger partial charge in [-0.3, -0.25) is 0 Å². The molecule has 46 heavy (non-hydrogen) atoms. The molecule has 256 valence electrons. The van der Waals surface area contributed by atoms with Crippen LogP contribution in [0.5, 0.6) is 0 Å². The summed E-state index contributed by atoms with van der Waals surface area (Å²) in [6.45, 7) is 5.21. The molecule has 2 aromatic rings. The molecule has 1 fully saturated rings. The minimum atomic E-state index is -4.06. The summed E-state index contributed by atoms with van der Waals surface area (Å²) in [4.78, 5) is 26.3. The Morgan fingerprint density at radius 2 is 1.70 bits per heavy atom. The van der Waals surface area contributed by atoms with Crippen molar-refractivity contribution in [3.8, 4) is 0 Å². The van der Waals surface area contributed by atoms with E-state index in [0.29, 0.717) is 31.9 Å². The lowest BCUT2D eigenvalue weighted by molar-refractivity contribution is -0.157. The van der Waals surface area contributed by atoms with Gasteiger partial charge >= 0.3 is 12.1 Å². The summed E-state index contributed by atoms with van der Waals surface area (Å²) in [6, 6.07) is 14.3. The summed E-state index contributed by atoms with van der Waals surface area (Å²) in [5.74, 6) is -0.803. The van der Waals surface area contributed by atoms with E-state index in [4.69, 9.17) is 34.2 Å². The zero-order chi connectivity index (χ0) is 33.4. The standard InChI is InChI=1S/C32H47N3O10S/c1-24(2)20-35(46(38,39)28-11-9-26(33)10-12-28)21-30(45-31(36)23-43-18-17-41-16-15-40-3)29(19-25-7-5-4-6-8-25)34-32(37)44-27-13-14-42-22-27/h4-12,24,27,29-30H,13-23,33H2,1-3H3,(H,34,37)/t27-,29+,30-/m0/s1. The monoisotopic (exact) mass is 665 g/mol. The van der Waals surface area contributed by atoms with Gasteiger partial charge in [0.15, 0.2) is 0 Å². The molecule has 0 saturated carbocycles. The normalized spacial score (nSPS) is 16.3. The summed E-state index contributed by atoms with van der Waals surface area (Å²) < 4.78 is 61.7. The molecule has 0 radical (unpaired) electrons. The molecule has 3 rings (SSSR count). The van der Waals surface area contributed by atoms with Gasteiger partial charge in [0.05, 0.1) is 57.1 Å². The number of ether oxygens (including phenoxy) is 6. The van der Waals surface area contributed by atoms with Gasteiger partial charge in [-0.25, -0.2) is 18.0 Å². The van der Waals surface area contributed by atoms with Crippen LogP contribution in [0.2, 0.25) is 0 Å². The molecule has 1 saturated heterocycles. The molecule has 0 bridgehead atoms. The fourth-order valence-electron chi connectivity index (χ4n) is 4.72. The average Bonchev–Trinajstić information content (AvgIpc) is 3.53. The van der Waals surface area contributed by atoms with E-state index in [1.807, 2.05) is 44.2 Å². The summed E-state index contributed by atoms with van der Waals surface area (Å²) >= 11 is 0. The molecular formula is C32H47N3O10S. The van der Waals surface area contributed by atoms with Crippen LogP contribution in [0.3, 0.4) is 0 Å². The van der Waals surface area contributed by atoms with Gasteiger partial charge in [0.25, 0.3) is 0 Å². The minimum Gasteiger partial charge on any atom is -0.457 e. The molecule has 0 aliphatic carbocycles. The third-order valence-corrected chi connectivity index (χ3v) is 8.83. The first-order chi connectivity index (χ1) is 22.1. The van der Waals surface area contributed by atoms with Crippen molar-refractivity contribution >= 4 is 27.8 Å². The second kappa shape index (κ2) is 19.4. The van der Waals surface area contributed by atoms with E-state index in [9.17, 15) is 18.0 Å². The van der Waals surface area contributed by atoms with Crippen LogP contribution in [-0.2, 0) is 49.7 Å². The van der Waals surface area contributed by atoms with E-state index in [0.717, 1.165) is 5.56 Å². The first-order valence-corrected chi connectivity index (χ1v) is 16.8. The number of sulfonamides is 1. The summed E-state index contributed by atoms with van der Waals surface area (Å²) in [5, 5.41) is 2.85. The number of methoxy groups -OCH3 is 1. The number of hydrogen-bond donors (Lipinski definition) is 2. The summed E-state index contributed by atoms with van der Waals surface area (Å²) in [5.41, 5.74) is 7.06. The highest BCUT2D eigenvalue weighted by molar-refractivity contribution is 7.89. The molecule has 1 aliphatic rings. The Bertz CT molecular complexity index is 1290. The maximum atomic E-state index is 13.9. The van der Waals surface area contributed by atoms with Crippen molar-refractivity contribution in [2.45, 2.75) is 49.8 Å². The number of hydrogen-bond acceptors (Lipinski definition) is 11. The number of alkyl carbamates (subject to hydrolysis) is 1. The Kier molecular flexibility index (Phi) is 15.7. The number of amides is 1. The summed E-state index contributed by atoms with van der Waals surface area (Å²) in [6.07, 6.45) is -1.48. The van der Waals surface area contributed by atoms with Crippen molar-refractivity contribution in [3.63, 3.8) is 0 Å². The van der Waals surface area contributed by atoms with Gasteiger partial charge in [-0.05, 0) is 42.2 Å². The molecule has 1 amide bonds. The average molecular weight is 666 g/mol. The molecule has 1 heterocycles. The van der Waals surface area contributed by atoms with Crippen LogP contribution in [0.1, 0.15) is 25.8 Å². The van der Waals surface area contributed by atoms with Gasteiger partial charge in [-0.2, -0.15) is 4.31 Å². The van der Waals surface area contributed by atoms with Gasteiger partial charge in [-0.15, -0.1) is 0 Å². The van der Waals surface area contributed by atoms with Crippen LogP contribution in [0.4, 0.5) is 10.5 Å².